The van der Waals surface area contributed by atoms with Crippen molar-refractivity contribution in [3.05, 3.63) is 52.3 Å². The molecule has 1 aromatic carbocycles. The van der Waals surface area contributed by atoms with Crippen LogP contribution in [-0.2, 0) is 13.5 Å². The van der Waals surface area contributed by atoms with E-state index in [9.17, 15) is 0 Å². The second-order valence-electron chi connectivity index (χ2n) is 4.50. The topological polar surface area (TPSA) is 29.9 Å². The van der Waals surface area contributed by atoms with Crippen molar-refractivity contribution in [1.29, 1.82) is 0 Å². The number of aromatic nitrogens is 2. The van der Waals surface area contributed by atoms with Crippen LogP contribution in [0, 0.1) is 0 Å². The fraction of sp³-hybridized carbons (Fsp3) is 0.357. The van der Waals surface area contributed by atoms with Gasteiger partial charge in [-0.1, -0.05) is 28.1 Å². The van der Waals surface area contributed by atoms with Gasteiger partial charge in [-0.05, 0) is 43.1 Å². The number of aryl methyl sites for hydroxylation is 1. The molecule has 2 rings (SSSR count). The minimum absolute atomic E-state index is 0.360. The Bertz CT molecular complexity index is 507. The van der Waals surface area contributed by atoms with E-state index in [4.69, 9.17) is 0 Å². The molecule has 0 spiro atoms. The minimum atomic E-state index is 0.360. The van der Waals surface area contributed by atoms with Crippen LogP contribution >= 0.6 is 15.9 Å². The molecule has 1 atom stereocenters. The van der Waals surface area contributed by atoms with Crippen molar-refractivity contribution in [2.45, 2.75) is 19.4 Å². The molecule has 0 amide bonds. The largest absolute Gasteiger partial charge is 0.310 e. The smallest absolute Gasteiger partial charge is 0.0522 e. The average Bonchev–Trinajstić information content (AvgIpc) is 2.75. The van der Waals surface area contributed by atoms with E-state index in [1.54, 1.807) is 0 Å². The van der Waals surface area contributed by atoms with Crippen LogP contribution in [0.15, 0.2) is 41.1 Å². The highest BCUT2D eigenvalue weighted by atomic mass is 79.9. The summed E-state index contributed by atoms with van der Waals surface area (Å²) < 4.78 is 2.97. The van der Waals surface area contributed by atoms with E-state index < -0.39 is 0 Å². The molecule has 4 heteroatoms. The Morgan fingerprint density at radius 2 is 2.28 bits per heavy atom. The first-order valence-corrected chi connectivity index (χ1v) is 6.91. The summed E-state index contributed by atoms with van der Waals surface area (Å²) in [6.45, 7) is 3.14. The number of nitrogens with zero attached hydrogens (tertiary/aromatic N) is 2. The Morgan fingerprint density at radius 3 is 2.94 bits per heavy atom. The van der Waals surface area contributed by atoms with Crippen molar-refractivity contribution in [2.75, 3.05) is 6.54 Å². The molecular formula is C14H18BrN3. The zero-order valence-electron chi connectivity index (χ0n) is 10.7. The zero-order valence-corrected chi connectivity index (χ0v) is 12.3. The summed E-state index contributed by atoms with van der Waals surface area (Å²) >= 11 is 3.50. The number of benzene rings is 1. The lowest BCUT2D eigenvalue weighted by atomic mass is 10.1. The van der Waals surface area contributed by atoms with Crippen LogP contribution in [0.2, 0.25) is 0 Å². The van der Waals surface area contributed by atoms with Gasteiger partial charge >= 0.3 is 0 Å². The zero-order chi connectivity index (χ0) is 13.0. The first-order valence-electron chi connectivity index (χ1n) is 6.11. The Labute approximate surface area is 116 Å². The van der Waals surface area contributed by atoms with E-state index >= 15 is 0 Å². The molecule has 0 aliphatic rings. The molecule has 0 saturated heterocycles. The molecule has 2 aromatic rings. The van der Waals surface area contributed by atoms with Gasteiger partial charge in [0.2, 0.25) is 0 Å². The van der Waals surface area contributed by atoms with E-state index in [0.717, 1.165) is 17.4 Å². The summed E-state index contributed by atoms with van der Waals surface area (Å²) in [5.41, 5.74) is 2.57. The number of nitrogens with one attached hydrogen (secondary N) is 1. The summed E-state index contributed by atoms with van der Waals surface area (Å²) in [5.74, 6) is 0. The molecule has 0 unspecified atom stereocenters. The maximum absolute atomic E-state index is 4.17. The fourth-order valence-electron chi connectivity index (χ4n) is 1.93. The molecule has 18 heavy (non-hydrogen) atoms. The summed E-state index contributed by atoms with van der Waals surface area (Å²) in [5, 5.41) is 7.69. The van der Waals surface area contributed by atoms with Crippen LogP contribution in [-0.4, -0.2) is 16.3 Å². The number of hydrogen-bond acceptors (Lipinski definition) is 2. The van der Waals surface area contributed by atoms with Crippen molar-refractivity contribution in [2.24, 2.45) is 7.05 Å². The quantitative estimate of drug-likeness (QED) is 0.920. The molecule has 1 aromatic heterocycles. The second kappa shape index (κ2) is 6.16. The first-order chi connectivity index (χ1) is 8.65. The molecule has 0 bridgehead atoms. The maximum Gasteiger partial charge on any atom is 0.0522 e. The van der Waals surface area contributed by atoms with E-state index in [1.165, 1.54) is 11.1 Å². The van der Waals surface area contributed by atoms with E-state index in [-0.39, 0.29) is 0 Å². The normalized spacial score (nSPS) is 12.6. The van der Waals surface area contributed by atoms with Gasteiger partial charge in [0.1, 0.15) is 0 Å². The van der Waals surface area contributed by atoms with Crippen LogP contribution in [0.3, 0.4) is 0 Å². The number of halogens is 1. The Kier molecular flexibility index (Phi) is 4.55. The Hall–Kier alpha value is -1.13. The van der Waals surface area contributed by atoms with Crippen LogP contribution in [0.5, 0.6) is 0 Å². The van der Waals surface area contributed by atoms with Gasteiger partial charge in [0.05, 0.1) is 6.20 Å². The highest BCUT2D eigenvalue weighted by Crippen LogP contribution is 2.17. The third-order valence-corrected chi connectivity index (χ3v) is 3.46. The van der Waals surface area contributed by atoms with Gasteiger partial charge in [0.25, 0.3) is 0 Å². The van der Waals surface area contributed by atoms with E-state index in [2.05, 4.69) is 57.7 Å². The third-order valence-electron chi connectivity index (χ3n) is 2.97. The summed E-state index contributed by atoms with van der Waals surface area (Å²) in [7, 11) is 1.95. The van der Waals surface area contributed by atoms with E-state index in [0.29, 0.717) is 6.04 Å². The van der Waals surface area contributed by atoms with Crippen molar-refractivity contribution in [3.8, 4) is 0 Å². The van der Waals surface area contributed by atoms with Gasteiger partial charge in [-0.3, -0.25) is 4.68 Å². The van der Waals surface area contributed by atoms with Crippen molar-refractivity contribution in [1.82, 2.24) is 15.1 Å². The molecule has 0 aliphatic carbocycles. The lowest BCUT2D eigenvalue weighted by molar-refractivity contribution is 0.576. The molecule has 0 aliphatic heterocycles. The average molecular weight is 308 g/mol. The predicted octanol–water partition coefficient (Wildman–Crippen LogP) is 3.08. The lowest BCUT2D eigenvalue weighted by Crippen LogP contribution is -2.21. The van der Waals surface area contributed by atoms with Gasteiger partial charge in [0.15, 0.2) is 0 Å². The molecular weight excluding hydrogens is 290 g/mol. The monoisotopic (exact) mass is 307 g/mol. The fourth-order valence-corrected chi connectivity index (χ4v) is 2.34. The van der Waals surface area contributed by atoms with Gasteiger partial charge in [0, 0.05) is 23.8 Å². The third kappa shape index (κ3) is 3.68. The van der Waals surface area contributed by atoms with Crippen molar-refractivity contribution >= 4 is 15.9 Å². The van der Waals surface area contributed by atoms with Crippen molar-refractivity contribution < 1.29 is 0 Å². The first kappa shape index (κ1) is 13.3. The highest BCUT2D eigenvalue weighted by molar-refractivity contribution is 9.10. The molecule has 1 heterocycles. The minimum Gasteiger partial charge on any atom is -0.310 e. The molecule has 0 radical (unpaired) electrons. The maximum atomic E-state index is 4.17. The molecule has 0 fully saturated rings. The highest BCUT2D eigenvalue weighted by Gasteiger charge is 2.05. The van der Waals surface area contributed by atoms with Crippen LogP contribution < -0.4 is 5.32 Å². The Morgan fingerprint density at radius 1 is 1.44 bits per heavy atom. The van der Waals surface area contributed by atoms with Gasteiger partial charge in [-0.15, -0.1) is 0 Å². The van der Waals surface area contributed by atoms with Crippen LogP contribution in [0.1, 0.15) is 24.1 Å². The van der Waals surface area contributed by atoms with Crippen molar-refractivity contribution in [3.63, 3.8) is 0 Å². The van der Waals surface area contributed by atoms with Crippen LogP contribution in [0.25, 0.3) is 0 Å². The summed E-state index contributed by atoms with van der Waals surface area (Å²) in [6.07, 6.45) is 4.99. The van der Waals surface area contributed by atoms with Gasteiger partial charge in [-0.25, -0.2) is 0 Å². The molecule has 96 valence electrons. The lowest BCUT2D eigenvalue weighted by Gasteiger charge is -2.14. The molecule has 1 N–H and O–H groups in total. The molecule has 3 nitrogen and oxygen atoms in total. The standard InChI is InChI=1S/C14H18BrN3/c1-11(13-4-3-5-14(15)8-13)16-7-6-12-9-17-18(2)10-12/h3-5,8-11,16H,6-7H2,1-2H3/t11-/m0/s1. The second-order valence-corrected chi connectivity index (χ2v) is 5.42. The predicted molar refractivity (Wildman–Crippen MR) is 77.5 cm³/mol. The summed E-state index contributed by atoms with van der Waals surface area (Å²) in [6, 6.07) is 8.78. The summed E-state index contributed by atoms with van der Waals surface area (Å²) in [4.78, 5) is 0. The van der Waals surface area contributed by atoms with E-state index in [1.807, 2.05) is 24.0 Å². The van der Waals surface area contributed by atoms with Gasteiger partial charge < -0.3 is 5.32 Å². The Balaban J connectivity index is 1.83. The van der Waals surface area contributed by atoms with Gasteiger partial charge in [-0.2, -0.15) is 5.10 Å². The number of rotatable bonds is 5. The van der Waals surface area contributed by atoms with Crippen LogP contribution in [0.4, 0.5) is 0 Å². The number of hydrogen-bond donors (Lipinski definition) is 1. The SMILES string of the molecule is C[C@H](NCCc1cnn(C)c1)c1cccc(Br)c1. The molecule has 0 saturated carbocycles.